The first-order valence-corrected chi connectivity index (χ1v) is 5.20. The predicted octanol–water partition coefficient (Wildman–Crippen LogP) is -0.519. The summed E-state index contributed by atoms with van der Waals surface area (Å²) in [4.78, 5) is 12.5. The van der Waals surface area contributed by atoms with Crippen molar-refractivity contribution in [3.8, 4) is 0 Å². The van der Waals surface area contributed by atoms with Crippen molar-refractivity contribution < 1.29 is 13.9 Å². The highest BCUT2D eigenvalue weighted by Gasteiger charge is 2.14. The van der Waals surface area contributed by atoms with E-state index in [2.05, 4.69) is 15.3 Å². The Hall–Kier alpha value is -2.03. The predicted molar refractivity (Wildman–Crippen MR) is 58.9 cm³/mol. The second-order valence-electron chi connectivity index (χ2n) is 3.55. The average molecular weight is 259 g/mol. The van der Waals surface area contributed by atoms with Gasteiger partial charge in [0.2, 0.25) is 0 Å². The first-order chi connectivity index (χ1) is 8.61. The summed E-state index contributed by atoms with van der Waals surface area (Å²) in [6.45, 7) is -0.839. The molecule has 18 heavy (non-hydrogen) atoms. The summed E-state index contributed by atoms with van der Waals surface area (Å²) in [7, 11) is 0. The Morgan fingerprint density at radius 1 is 1.50 bits per heavy atom. The van der Waals surface area contributed by atoms with Gasteiger partial charge < -0.3 is 10.0 Å². The fraction of sp³-hybridized carbons (Fsp3) is 0.444. The van der Waals surface area contributed by atoms with E-state index in [0.717, 1.165) is 4.52 Å². The largest absolute Gasteiger partial charge is 0.395 e. The SMILES string of the molecule is O=c1[nH]nc2ccc(N(CCO)CC(F)F)nn12. The van der Waals surface area contributed by atoms with Crippen LogP contribution in [0.4, 0.5) is 14.6 Å². The van der Waals surface area contributed by atoms with Gasteiger partial charge in [-0.05, 0) is 12.1 Å². The zero-order valence-corrected chi connectivity index (χ0v) is 9.25. The quantitative estimate of drug-likeness (QED) is 0.754. The molecule has 0 spiro atoms. The maximum atomic E-state index is 12.4. The lowest BCUT2D eigenvalue weighted by Crippen LogP contribution is -2.33. The minimum absolute atomic E-state index is 0.00937. The summed E-state index contributed by atoms with van der Waals surface area (Å²) in [5.41, 5.74) is -0.252. The number of H-pyrrole nitrogens is 1. The van der Waals surface area contributed by atoms with E-state index >= 15 is 0 Å². The lowest BCUT2D eigenvalue weighted by atomic mass is 10.4. The second-order valence-corrected chi connectivity index (χ2v) is 3.55. The lowest BCUT2D eigenvalue weighted by Gasteiger charge is -2.21. The van der Waals surface area contributed by atoms with Crippen LogP contribution >= 0.6 is 0 Å². The van der Waals surface area contributed by atoms with Crippen molar-refractivity contribution in [2.24, 2.45) is 0 Å². The molecule has 0 saturated carbocycles. The number of aromatic nitrogens is 4. The molecule has 0 bridgehead atoms. The van der Waals surface area contributed by atoms with Crippen molar-refractivity contribution in [2.45, 2.75) is 6.43 Å². The zero-order valence-electron chi connectivity index (χ0n) is 9.25. The normalized spacial score (nSPS) is 11.3. The number of hydrogen-bond acceptors (Lipinski definition) is 5. The molecular weight excluding hydrogens is 248 g/mol. The van der Waals surface area contributed by atoms with Crippen LogP contribution in [0.25, 0.3) is 5.65 Å². The maximum Gasteiger partial charge on any atom is 0.364 e. The number of nitrogens with one attached hydrogen (secondary N) is 1. The number of nitrogens with zero attached hydrogens (tertiary/aromatic N) is 4. The monoisotopic (exact) mass is 259 g/mol. The summed E-state index contributed by atoms with van der Waals surface area (Å²) in [6, 6.07) is 2.95. The molecule has 0 unspecified atom stereocenters. The molecule has 0 aliphatic carbocycles. The number of hydrogen-bond donors (Lipinski definition) is 2. The topological polar surface area (TPSA) is 86.5 Å². The van der Waals surface area contributed by atoms with Crippen LogP contribution in [0.15, 0.2) is 16.9 Å². The Balaban J connectivity index is 2.36. The van der Waals surface area contributed by atoms with Gasteiger partial charge in [0.25, 0.3) is 6.43 Å². The van der Waals surface area contributed by atoms with E-state index in [1.165, 1.54) is 17.0 Å². The molecule has 9 heteroatoms. The van der Waals surface area contributed by atoms with Gasteiger partial charge in [-0.2, -0.15) is 9.61 Å². The van der Waals surface area contributed by atoms with Crippen LogP contribution in [0.2, 0.25) is 0 Å². The van der Waals surface area contributed by atoms with E-state index in [1.54, 1.807) is 0 Å². The minimum atomic E-state index is -2.56. The van der Waals surface area contributed by atoms with Crippen molar-refractivity contribution >= 4 is 11.5 Å². The zero-order chi connectivity index (χ0) is 13.1. The molecule has 2 heterocycles. The Kier molecular flexibility index (Phi) is 3.51. The highest BCUT2D eigenvalue weighted by Crippen LogP contribution is 2.11. The van der Waals surface area contributed by atoms with Gasteiger partial charge in [-0.25, -0.2) is 18.7 Å². The van der Waals surface area contributed by atoms with E-state index in [0.29, 0.717) is 5.65 Å². The van der Waals surface area contributed by atoms with E-state index in [-0.39, 0.29) is 19.0 Å². The molecule has 0 saturated heterocycles. The third-order valence-corrected chi connectivity index (χ3v) is 2.31. The van der Waals surface area contributed by atoms with Crippen molar-refractivity contribution in [1.29, 1.82) is 0 Å². The molecule has 0 aliphatic heterocycles. The summed E-state index contributed by atoms with van der Waals surface area (Å²) < 4.78 is 25.8. The maximum absolute atomic E-state index is 12.4. The molecule has 2 aromatic heterocycles. The third-order valence-electron chi connectivity index (χ3n) is 2.31. The molecule has 0 aliphatic rings. The molecule has 0 atom stereocenters. The number of aliphatic hydroxyl groups is 1. The van der Waals surface area contributed by atoms with E-state index in [4.69, 9.17) is 5.11 Å². The van der Waals surface area contributed by atoms with Crippen LogP contribution < -0.4 is 10.6 Å². The van der Waals surface area contributed by atoms with Gasteiger partial charge in [-0.15, -0.1) is 5.10 Å². The van der Waals surface area contributed by atoms with E-state index in [9.17, 15) is 13.6 Å². The van der Waals surface area contributed by atoms with E-state index in [1.807, 2.05) is 0 Å². The number of anilines is 1. The van der Waals surface area contributed by atoms with Crippen LogP contribution in [0.1, 0.15) is 0 Å². The molecular formula is C9H11F2N5O2. The van der Waals surface area contributed by atoms with Crippen LogP contribution in [0, 0.1) is 0 Å². The van der Waals surface area contributed by atoms with Crippen molar-refractivity contribution in [3.05, 3.63) is 22.6 Å². The number of aliphatic hydroxyl groups excluding tert-OH is 1. The number of fused-ring (bicyclic) bond motifs is 1. The number of alkyl halides is 2. The third kappa shape index (κ3) is 2.45. The number of aromatic amines is 1. The van der Waals surface area contributed by atoms with Crippen LogP contribution in [-0.2, 0) is 0 Å². The van der Waals surface area contributed by atoms with Gasteiger partial charge in [-0.3, -0.25) is 0 Å². The molecule has 2 N–H and O–H groups in total. The molecule has 0 aromatic carbocycles. The Morgan fingerprint density at radius 3 is 2.94 bits per heavy atom. The Labute approximate surface area is 99.7 Å². The van der Waals surface area contributed by atoms with Gasteiger partial charge in [-0.1, -0.05) is 0 Å². The van der Waals surface area contributed by atoms with Crippen LogP contribution in [0.5, 0.6) is 0 Å². The molecule has 7 nitrogen and oxygen atoms in total. The fourth-order valence-electron chi connectivity index (χ4n) is 1.55. The first-order valence-electron chi connectivity index (χ1n) is 5.20. The van der Waals surface area contributed by atoms with Gasteiger partial charge in [0.1, 0.15) is 5.82 Å². The molecule has 2 rings (SSSR count). The molecule has 98 valence electrons. The molecule has 0 amide bonds. The Morgan fingerprint density at radius 2 is 2.28 bits per heavy atom. The molecule has 0 fully saturated rings. The van der Waals surface area contributed by atoms with Gasteiger partial charge in [0.15, 0.2) is 5.65 Å². The van der Waals surface area contributed by atoms with E-state index < -0.39 is 18.7 Å². The van der Waals surface area contributed by atoms with Crippen LogP contribution in [-0.4, -0.2) is 51.0 Å². The minimum Gasteiger partial charge on any atom is -0.395 e. The van der Waals surface area contributed by atoms with Gasteiger partial charge in [0.05, 0.1) is 13.2 Å². The summed E-state index contributed by atoms with van der Waals surface area (Å²) in [6.07, 6.45) is -2.56. The second kappa shape index (κ2) is 5.08. The highest BCUT2D eigenvalue weighted by atomic mass is 19.3. The number of halogens is 2. The smallest absolute Gasteiger partial charge is 0.364 e. The summed E-state index contributed by atoms with van der Waals surface area (Å²) >= 11 is 0. The lowest BCUT2D eigenvalue weighted by molar-refractivity contribution is 0.152. The van der Waals surface area contributed by atoms with Crippen molar-refractivity contribution in [3.63, 3.8) is 0 Å². The fourth-order valence-corrected chi connectivity index (χ4v) is 1.55. The molecule has 2 aromatic rings. The van der Waals surface area contributed by atoms with Crippen LogP contribution in [0.3, 0.4) is 0 Å². The molecule has 0 radical (unpaired) electrons. The van der Waals surface area contributed by atoms with Gasteiger partial charge >= 0.3 is 5.69 Å². The number of rotatable bonds is 5. The summed E-state index contributed by atoms with van der Waals surface area (Å²) in [5.74, 6) is 0.181. The van der Waals surface area contributed by atoms with Crippen molar-refractivity contribution in [2.75, 3.05) is 24.6 Å². The first kappa shape index (κ1) is 12.4. The van der Waals surface area contributed by atoms with Crippen molar-refractivity contribution in [1.82, 2.24) is 19.8 Å². The average Bonchev–Trinajstić information content (AvgIpc) is 2.70. The summed E-state index contributed by atoms with van der Waals surface area (Å²) in [5, 5.41) is 18.6. The Bertz CT molecular complexity index is 582. The standard InChI is InChI=1S/C9H11F2N5O2/c10-6(11)5-15(3-4-17)8-2-1-7-12-13-9(18)16(7)14-8/h1-2,6,17H,3-5H2,(H,13,18). The van der Waals surface area contributed by atoms with Gasteiger partial charge in [0, 0.05) is 6.54 Å². The highest BCUT2D eigenvalue weighted by molar-refractivity contribution is 5.45.